The average Bonchev–Trinajstić information content (AvgIpc) is 2.60. The molecule has 5 heteroatoms. The summed E-state index contributed by atoms with van der Waals surface area (Å²) < 4.78 is 7.19. The van der Waals surface area contributed by atoms with Crippen molar-refractivity contribution in [2.75, 3.05) is 7.11 Å². The van der Waals surface area contributed by atoms with Crippen molar-refractivity contribution in [2.24, 2.45) is 0 Å². The minimum absolute atomic E-state index is 0.348. The van der Waals surface area contributed by atoms with E-state index < -0.39 is 5.97 Å². The molecule has 4 nitrogen and oxygen atoms in total. The number of carbonyl (C=O) groups is 1. The van der Waals surface area contributed by atoms with Crippen LogP contribution in [0.5, 0.6) is 0 Å². The van der Waals surface area contributed by atoms with Crippen LogP contribution in [-0.4, -0.2) is 22.6 Å². The molecule has 0 unspecified atom stereocenters. The lowest BCUT2D eigenvalue weighted by Gasteiger charge is -2.01. The van der Waals surface area contributed by atoms with Gasteiger partial charge in [-0.2, -0.15) is 0 Å². The lowest BCUT2D eigenvalue weighted by atomic mass is 10.2. The average molecular weight is 275 g/mol. The molecule has 0 amide bonds. The van der Waals surface area contributed by atoms with Gasteiger partial charge in [-0.3, -0.25) is 0 Å². The van der Waals surface area contributed by atoms with E-state index in [1.54, 1.807) is 6.20 Å². The summed E-state index contributed by atoms with van der Waals surface area (Å²) >= 11 is 3.31. The number of unbranched alkanes of at least 4 members (excludes halogenated alkanes) is 2. The van der Waals surface area contributed by atoms with Gasteiger partial charge in [-0.15, -0.1) is 0 Å². The molecule has 0 atom stereocenters. The largest absolute Gasteiger partial charge is 0.464 e. The Morgan fingerprint density at radius 3 is 2.93 bits per heavy atom. The monoisotopic (exact) mass is 274 g/mol. The molecule has 0 bridgehead atoms. The van der Waals surface area contributed by atoms with E-state index in [0.717, 1.165) is 13.0 Å². The molecule has 1 rings (SSSR count). The molecular weight excluding hydrogens is 260 g/mol. The normalized spacial score (nSPS) is 10.3. The van der Waals surface area contributed by atoms with Crippen molar-refractivity contribution in [3.63, 3.8) is 0 Å². The van der Waals surface area contributed by atoms with Crippen LogP contribution in [0.15, 0.2) is 10.9 Å². The second-order valence-electron chi connectivity index (χ2n) is 3.29. The maximum absolute atomic E-state index is 11.2. The molecule has 0 spiro atoms. The van der Waals surface area contributed by atoms with Crippen molar-refractivity contribution >= 4 is 21.9 Å². The van der Waals surface area contributed by atoms with Gasteiger partial charge in [0.05, 0.1) is 7.11 Å². The lowest BCUT2D eigenvalue weighted by molar-refractivity contribution is 0.0594. The number of ether oxygens (including phenoxy) is 1. The van der Waals surface area contributed by atoms with E-state index in [2.05, 4.69) is 32.6 Å². The molecule has 0 fully saturated rings. The Balaban J connectivity index is 2.64. The summed E-state index contributed by atoms with van der Waals surface area (Å²) in [6, 6.07) is 0. The Morgan fingerprint density at radius 1 is 1.60 bits per heavy atom. The van der Waals surface area contributed by atoms with E-state index >= 15 is 0 Å². The number of imidazole rings is 1. The summed E-state index contributed by atoms with van der Waals surface area (Å²) in [5.41, 5.74) is 0.348. The maximum Gasteiger partial charge on any atom is 0.358 e. The highest BCUT2D eigenvalue weighted by Gasteiger charge is 2.12. The van der Waals surface area contributed by atoms with Crippen LogP contribution in [0.2, 0.25) is 0 Å². The SMILES string of the molecule is CCCCCn1cc(C(=O)OC)nc1Br. The zero-order valence-corrected chi connectivity index (χ0v) is 10.6. The second kappa shape index (κ2) is 5.90. The van der Waals surface area contributed by atoms with Gasteiger partial charge in [0.15, 0.2) is 10.4 Å². The third-order valence-corrected chi connectivity index (χ3v) is 2.76. The maximum atomic E-state index is 11.2. The molecule has 0 aliphatic rings. The second-order valence-corrected chi connectivity index (χ2v) is 4.00. The van der Waals surface area contributed by atoms with Gasteiger partial charge in [0.1, 0.15) is 0 Å². The highest BCUT2D eigenvalue weighted by atomic mass is 79.9. The fraction of sp³-hybridized carbons (Fsp3) is 0.600. The van der Waals surface area contributed by atoms with Gasteiger partial charge >= 0.3 is 5.97 Å². The number of esters is 1. The summed E-state index contributed by atoms with van der Waals surface area (Å²) in [5.74, 6) is -0.398. The quantitative estimate of drug-likeness (QED) is 0.613. The highest BCUT2D eigenvalue weighted by Crippen LogP contribution is 2.12. The molecule has 0 radical (unpaired) electrons. The van der Waals surface area contributed by atoms with Gasteiger partial charge in [0.2, 0.25) is 0 Å². The summed E-state index contributed by atoms with van der Waals surface area (Å²) in [7, 11) is 1.35. The third-order valence-electron chi connectivity index (χ3n) is 2.12. The first kappa shape index (κ1) is 12.2. The van der Waals surface area contributed by atoms with Crippen LogP contribution < -0.4 is 0 Å². The van der Waals surface area contributed by atoms with E-state index in [0.29, 0.717) is 10.4 Å². The lowest BCUT2D eigenvalue weighted by Crippen LogP contribution is -2.01. The van der Waals surface area contributed by atoms with Gasteiger partial charge in [-0.05, 0) is 22.4 Å². The van der Waals surface area contributed by atoms with Crippen LogP contribution in [0.1, 0.15) is 36.7 Å². The van der Waals surface area contributed by atoms with Crippen molar-refractivity contribution in [2.45, 2.75) is 32.7 Å². The van der Waals surface area contributed by atoms with Gasteiger partial charge in [-0.1, -0.05) is 19.8 Å². The predicted octanol–water partition coefficient (Wildman–Crippen LogP) is 2.62. The van der Waals surface area contributed by atoms with Crippen LogP contribution in [0, 0.1) is 0 Å². The van der Waals surface area contributed by atoms with E-state index in [1.165, 1.54) is 20.0 Å². The number of carbonyl (C=O) groups excluding carboxylic acids is 1. The Hall–Kier alpha value is -0.840. The van der Waals surface area contributed by atoms with Gasteiger partial charge in [0, 0.05) is 12.7 Å². The topological polar surface area (TPSA) is 44.1 Å². The van der Waals surface area contributed by atoms with Gasteiger partial charge < -0.3 is 9.30 Å². The van der Waals surface area contributed by atoms with Crippen LogP contribution in [-0.2, 0) is 11.3 Å². The fourth-order valence-corrected chi connectivity index (χ4v) is 1.76. The minimum Gasteiger partial charge on any atom is -0.464 e. The molecule has 84 valence electrons. The number of hydrogen-bond acceptors (Lipinski definition) is 3. The Kier molecular flexibility index (Phi) is 4.81. The van der Waals surface area contributed by atoms with Crippen LogP contribution in [0.3, 0.4) is 0 Å². The first-order chi connectivity index (χ1) is 7.19. The molecule has 0 aliphatic carbocycles. The van der Waals surface area contributed by atoms with Crippen molar-refractivity contribution in [3.05, 3.63) is 16.6 Å². The van der Waals surface area contributed by atoms with E-state index in [1.807, 2.05) is 4.57 Å². The molecule has 0 aromatic carbocycles. The van der Waals surface area contributed by atoms with Crippen LogP contribution in [0.4, 0.5) is 0 Å². The zero-order valence-electron chi connectivity index (χ0n) is 8.99. The van der Waals surface area contributed by atoms with E-state index in [-0.39, 0.29) is 0 Å². The Labute approximate surface area is 97.8 Å². The van der Waals surface area contributed by atoms with Gasteiger partial charge in [-0.25, -0.2) is 9.78 Å². The van der Waals surface area contributed by atoms with Crippen molar-refractivity contribution < 1.29 is 9.53 Å². The van der Waals surface area contributed by atoms with Crippen LogP contribution >= 0.6 is 15.9 Å². The van der Waals surface area contributed by atoms with Crippen molar-refractivity contribution in [3.8, 4) is 0 Å². The minimum atomic E-state index is -0.398. The first-order valence-corrected chi connectivity index (χ1v) is 5.79. The molecular formula is C10H15BrN2O2. The van der Waals surface area contributed by atoms with E-state index in [9.17, 15) is 4.79 Å². The number of aryl methyl sites for hydroxylation is 1. The Bertz CT molecular complexity index is 336. The number of aromatic nitrogens is 2. The summed E-state index contributed by atoms with van der Waals surface area (Å²) in [4.78, 5) is 15.3. The molecule has 15 heavy (non-hydrogen) atoms. The summed E-state index contributed by atoms with van der Waals surface area (Å²) in [6.45, 7) is 3.03. The van der Waals surface area contributed by atoms with Crippen LogP contribution in [0.25, 0.3) is 0 Å². The van der Waals surface area contributed by atoms with E-state index in [4.69, 9.17) is 0 Å². The first-order valence-electron chi connectivity index (χ1n) is 5.00. The molecule has 1 heterocycles. The molecule has 1 aromatic heterocycles. The molecule has 0 N–H and O–H groups in total. The number of rotatable bonds is 5. The smallest absolute Gasteiger partial charge is 0.358 e. The number of nitrogens with zero attached hydrogens (tertiary/aromatic N) is 2. The predicted molar refractivity (Wildman–Crippen MR) is 60.8 cm³/mol. The number of methoxy groups -OCH3 is 1. The molecule has 0 aliphatic heterocycles. The molecule has 0 saturated heterocycles. The van der Waals surface area contributed by atoms with Gasteiger partial charge in [0.25, 0.3) is 0 Å². The summed E-state index contributed by atoms with van der Waals surface area (Å²) in [6.07, 6.45) is 5.16. The summed E-state index contributed by atoms with van der Waals surface area (Å²) in [5, 5.41) is 0. The van der Waals surface area contributed by atoms with Crippen molar-refractivity contribution in [1.29, 1.82) is 0 Å². The van der Waals surface area contributed by atoms with Crippen molar-refractivity contribution in [1.82, 2.24) is 9.55 Å². The number of halogens is 1. The Morgan fingerprint density at radius 2 is 2.33 bits per heavy atom. The third kappa shape index (κ3) is 3.34. The molecule has 1 aromatic rings. The zero-order chi connectivity index (χ0) is 11.3. The fourth-order valence-electron chi connectivity index (χ4n) is 1.29. The number of hydrogen-bond donors (Lipinski definition) is 0. The molecule has 0 saturated carbocycles. The highest BCUT2D eigenvalue weighted by molar-refractivity contribution is 9.10. The standard InChI is InChI=1S/C10H15BrN2O2/c1-3-4-5-6-13-7-8(9(14)15-2)12-10(13)11/h7H,3-6H2,1-2H3.